The maximum atomic E-state index is 12.6. The van der Waals surface area contributed by atoms with Crippen molar-refractivity contribution in [3.63, 3.8) is 0 Å². The molecule has 0 aliphatic heterocycles. The topological polar surface area (TPSA) is 82.4 Å². The van der Waals surface area contributed by atoms with E-state index in [1.165, 1.54) is 11.6 Å². The van der Waals surface area contributed by atoms with E-state index in [9.17, 15) is 9.59 Å². The molecule has 2 rings (SSSR count). The van der Waals surface area contributed by atoms with Crippen LogP contribution in [-0.4, -0.2) is 35.1 Å². The molecule has 1 atom stereocenters. The first-order valence-electron chi connectivity index (χ1n) is 7.60. The van der Waals surface area contributed by atoms with Gasteiger partial charge >= 0.3 is 5.97 Å². The highest BCUT2D eigenvalue weighted by Crippen LogP contribution is 2.07. The van der Waals surface area contributed by atoms with Gasteiger partial charge in [0, 0.05) is 20.0 Å². The van der Waals surface area contributed by atoms with Crippen molar-refractivity contribution in [1.29, 1.82) is 0 Å². The van der Waals surface area contributed by atoms with Gasteiger partial charge in [-0.25, -0.2) is 9.66 Å². The SMILES string of the molecule is CCOC(CNn1c(CC)nc2ccccc2c1=O)OC(C)=O. The van der Waals surface area contributed by atoms with Crippen molar-refractivity contribution in [2.24, 2.45) is 0 Å². The molecule has 1 heterocycles. The standard InChI is InChI=1S/C16H21N3O4/c1-4-14-18-13-9-7-6-8-12(13)16(21)19(14)17-10-15(22-5-2)23-11(3)20/h6-9,15,17H,4-5,10H2,1-3H3. The van der Waals surface area contributed by atoms with E-state index in [0.29, 0.717) is 29.8 Å². The summed E-state index contributed by atoms with van der Waals surface area (Å²) in [5.74, 6) is 0.164. The van der Waals surface area contributed by atoms with Gasteiger partial charge < -0.3 is 14.9 Å². The summed E-state index contributed by atoms with van der Waals surface area (Å²) in [6.07, 6.45) is -0.180. The molecule has 0 saturated carbocycles. The number of fused-ring (bicyclic) bond motifs is 1. The molecule has 0 aliphatic rings. The van der Waals surface area contributed by atoms with Gasteiger partial charge in [0.1, 0.15) is 5.82 Å². The van der Waals surface area contributed by atoms with E-state index in [1.54, 1.807) is 19.1 Å². The minimum absolute atomic E-state index is 0.153. The molecule has 0 spiro atoms. The minimum Gasteiger partial charge on any atom is -0.434 e. The molecule has 1 N–H and O–H groups in total. The van der Waals surface area contributed by atoms with Gasteiger partial charge in [-0.1, -0.05) is 19.1 Å². The Kier molecular flexibility index (Phi) is 5.70. The third-order valence-electron chi connectivity index (χ3n) is 3.23. The van der Waals surface area contributed by atoms with Crippen LogP contribution in [0.2, 0.25) is 0 Å². The number of rotatable bonds is 7. The van der Waals surface area contributed by atoms with Crippen molar-refractivity contribution < 1.29 is 14.3 Å². The van der Waals surface area contributed by atoms with Crippen LogP contribution in [0.4, 0.5) is 0 Å². The fourth-order valence-electron chi connectivity index (χ4n) is 2.25. The highest BCUT2D eigenvalue weighted by atomic mass is 16.7. The highest BCUT2D eigenvalue weighted by Gasteiger charge is 2.14. The second kappa shape index (κ2) is 7.73. The number of carbonyl (C=O) groups excluding carboxylic acids is 1. The van der Waals surface area contributed by atoms with Gasteiger partial charge in [-0.15, -0.1) is 0 Å². The molecule has 124 valence electrons. The molecule has 23 heavy (non-hydrogen) atoms. The lowest BCUT2D eigenvalue weighted by molar-refractivity contribution is -0.172. The number of aryl methyl sites for hydroxylation is 1. The van der Waals surface area contributed by atoms with E-state index in [1.807, 2.05) is 19.1 Å². The van der Waals surface area contributed by atoms with Crippen LogP contribution in [0.5, 0.6) is 0 Å². The van der Waals surface area contributed by atoms with E-state index in [4.69, 9.17) is 9.47 Å². The predicted octanol–water partition coefficient (Wildman–Crippen LogP) is 1.43. The molecule has 7 heteroatoms. The zero-order chi connectivity index (χ0) is 16.8. The lowest BCUT2D eigenvalue weighted by atomic mass is 10.2. The van der Waals surface area contributed by atoms with Crippen LogP contribution in [0, 0.1) is 0 Å². The van der Waals surface area contributed by atoms with Crippen LogP contribution in [-0.2, 0) is 20.7 Å². The van der Waals surface area contributed by atoms with Gasteiger partial charge in [-0.2, -0.15) is 0 Å². The zero-order valence-electron chi connectivity index (χ0n) is 13.5. The molecular formula is C16H21N3O4. The van der Waals surface area contributed by atoms with Gasteiger partial charge in [0.25, 0.3) is 5.56 Å². The fraction of sp³-hybridized carbons (Fsp3) is 0.438. The van der Waals surface area contributed by atoms with Crippen LogP contribution >= 0.6 is 0 Å². The molecular weight excluding hydrogens is 298 g/mol. The van der Waals surface area contributed by atoms with Crippen LogP contribution in [0.3, 0.4) is 0 Å². The molecule has 0 aliphatic carbocycles. The largest absolute Gasteiger partial charge is 0.434 e. The van der Waals surface area contributed by atoms with Crippen LogP contribution in [0.25, 0.3) is 10.9 Å². The van der Waals surface area contributed by atoms with Crippen molar-refractivity contribution in [2.45, 2.75) is 33.5 Å². The molecule has 2 aromatic rings. The van der Waals surface area contributed by atoms with Crippen molar-refractivity contribution in [2.75, 3.05) is 18.6 Å². The molecule has 1 unspecified atom stereocenters. The highest BCUT2D eigenvalue weighted by molar-refractivity contribution is 5.77. The molecule has 1 aromatic carbocycles. The van der Waals surface area contributed by atoms with Gasteiger partial charge in [0.2, 0.25) is 6.29 Å². The smallest absolute Gasteiger partial charge is 0.305 e. The maximum Gasteiger partial charge on any atom is 0.305 e. The third kappa shape index (κ3) is 4.07. The van der Waals surface area contributed by atoms with E-state index in [0.717, 1.165) is 0 Å². The number of nitrogens with one attached hydrogen (secondary N) is 1. The monoisotopic (exact) mass is 319 g/mol. The van der Waals surface area contributed by atoms with Gasteiger partial charge in [-0.05, 0) is 19.1 Å². The van der Waals surface area contributed by atoms with E-state index < -0.39 is 12.3 Å². The third-order valence-corrected chi connectivity index (χ3v) is 3.23. The summed E-state index contributed by atoms with van der Waals surface area (Å²) in [6, 6.07) is 7.18. The number of para-hydroxylation sites is 1. The predicted molar refractivity (Wildman–Crippen MR) is 86.8 cm³/mol. The Morgan fingerprint density at radius 2 is 2.09 bits per heavy atom. The summed E-state index contributed by atoms with van der Waals surface area (Å²) in [4.78, 5) is 28.2. The maximum absolute atomic E-state index is 12.6. The number of esters is 1. The van der Waals surface area contributed by atoms with Crippen molar-refractivity contribution in [3.05, 3.63) is 40.4 Å². The Morgan fingerprint density at radius 1 is 1.35 bits per heavy atom. The Bertz CT molecular complexity index is 742. The van der Waals surface area contributed by atoms with E-state index >= 15 is 0 Å². The van der Waals surface area contributed by atoms with E-state index in [-0.39, 0.29) is 12.1 Å². The lowest BCUT2D eigenvalue weighted by Crippen LogP contribution is -2.39. The molecule has 0 saturated heterocycles. The Morgan fingerprint density at radius 3 is 2.74 bits per heavy atom. The van der Waals surface area contributed by atoms with Crippen molar-refractivity contribution in [3.8, 4) is 0 Å². The minimum atomic E-state index is -0.763. The summed E-state index contributed by atoms with van der Waals surface area (Å²) in [7, 11) is 0. The van der Waals surface area contributed by atoms with Crippen LogP contribution < -0.4 is 11.0 Å². The second-order valence-corrected chi connectivity index (χ2v) is 4.90. The number of ether oxygens (including phenoxy) is 2. The van der Waals surface area contributed by atoms with Crippen LogP contribution in [0.15, 0.2) is 29.1 Å². The average Bonchev–Trinajstić information content (AvgIpc) is 2.53. The summed E-state index contributed by atoms with van der Waals surface area (Å²) in [5.41, 5.74) is 3.43. The Labute approximate surface area is 134 Å². The number of benzene rings is 1. The fourth-order valence-corrected chi connectivity index (χ4v) is 2.25. The van der Waals surface area contributed by atoms with Crippen molar-refractivity contribution in [1.82, 2.24) is 9.66 Å². The van der Waals surface area contributed by atoms with E-state index in [2.05, 4.69) is 10.4 Å². The van der Waals surface area contributed by atoms with Gasteiger partial charge in [-0.3, -0.25) is 9.59 Å². The summed E-state index contributed by atoms with van der Waals surface area (Å²) >= 11 is 0. The summed E-state index contributed by atoms with van der Waals surface area (Å²) in [6.45, 7) is 5.58. The summed E-state index contributed by atoms with van der Waals surface area (Å²) in [5, 5.41) is 0.526. The van der Waals surface area contributed by atoms with Crippen molar-refractivity contribution >= 4 is 16.9 Å². The second-order valence-electron chi connectivity index (χ2n) is 4.90. The van der Waals surface area contributed by atoms with Gasteiger partial charge in [0.05, 0.1) is 17.4 Å². The first-order valence-corrected chi connectivity index (χ1v) is 7.60. The Hall–Kier alpha value is -2.41. The molecule has 0 bridgehead atoms. The number of aromatic nitrogens is 2. The lowest BCUT2D eigenvalue weighted by Gasteiger charge is -2.20. The molecule has 7 nitrogen and oxygen atoms in total. The number of hydrogen-bond acceptors (Lipinski definition) is 6. The molecule has 0 radical (unpaired) electrons. The first-order chi connectivity index (χ1) is 11.1. The molecule has 1 aromatic heterocycles. The normalized spacial score (nSPS) is 12.1. The zero-order valence-corrected chi connectivity index (χ0v) is 13.5. The van der Waals surface area contributed by atoms with Crippen LogP contribution in [0.1, 0.15) is 26.6 Å². The first kappa shape index (κ1) is 17.0. The van der Waals surface area contributed by atoms with Gasteiger partial charge in [0.15, 0.2) is 0 Å². The number of hydrogen-bond donors (Lipinski definition) is 1. The number of nitrogens with zero attached hydrogens (tertiary/aromatic N) is 2. The Balaban J connectivity index is 2.29. The molecule has 0 fully saturated rings. The summed E-state index contributed by atoms with van der Waals surface area (Å²) < 4.78 is 11.8. The molecule has 0 amide bonds. The average molecular weight is 319 g/mol. The number of carbonyl (C=O) groups is 1. The quantitative estimate of drug-likeness (QED) is 0.614.